The number of pyridine rings is 1. The van der Waals surface area contributed by atoms with Gasteiger partial charge in [0.2, 0.25) is 17.6 Å². The molecule has 2 spiro atoms. The third-order valence-electron chi connectivity index (χ3n) is 11.2. The second-order valence-electron chi connectivity index (χ2n) is 14.1. The minimum Gasteiger partial charge on any atom is -0.505 e. The third-order valence-corrected chi connectivity index (χ3v) is 11.5. The van der Waals surface area contributed by atoms with Crippen LogP contribution in [-0.2, 0) is 34.1 Å². The van der Waals surface area contributed by atoms with Gasteiger partial charge in [0.15, 0.2) is 5.69 Å². The number of carbonyl (C=O) groups is 2. The van der Waals surface area contributed by atoms with E-state index in [1.165, 1.54) is 22.8 Å². The number of alkyl halides is 3. The highest BCUT2D eigenvalue weighted by molar-refractivity contribution is 6.33. The quantitative estimate of drug-likeness (QED) is 0.300. The Morgan fingerprint density at radius 1 is 1.04 bits per heavy atom. The molecule has 274 valence electrons. The number of aromatic nitrogens is 5. The van der Waals surface area contributed by atoms with Gasteiger partial charge >= 0.3 is 6.18 Å². The van der Waals surface area contributed by atoms with Crippen LogP contribution in [0.25, 0.3) is 5.78 Å². The van der Waals surface area contributed by atoms with Gasteiger partial charge in [-0.15, -0.1) is 5.10 Å². The van der Waals surface area contributed by atoms with Crippen molar-refractivity contribution in [3.8, 4) is 5.75 Å². The van der Waals surface area contributed by atoms with Crippen molar-refractivity contribution in [1.29, 1.82) is 0 Å². The molecule has 13 nitrogen and oxygen atoms in total. The first-order valence-corrected chi connectivity index (χ1v) is 17.8. The second kappa shape index (κ2) is 12.8. The molecule has 1 aliphatic carbocycles. The maximum absolute atomic E-state index is 14.4. The molecule has 0 unspecified atom stereocenters. The highest BCUT2D eigenvalue weighted by atomic mass is 35.5. The summed E-state index contributed by atoms with van der Waals surface area (Å²) in [4.78, 5) is 53.8. The van der Waals surface area contributed by atoms with Crippen molar-refractivity contribution in [3.05, 3.63) is 74.4 Å². The highest BCUT2D eigenvalue weighted by Gasteiger charge is 2.47. The third kappa shape index (κ3) is 5.94. The molecule has 17 heteroatoms. The number of aromatic hydroxyl groups is 1. The number of nitrogens with zero attached hydrogens (tertiary/aromatic N) is 7. The number of anilines is 2. The molecule has 2 N–H and O–H groups in total. The van der Waals surface area contributed by atoms with E-state index in [1.54, 1.807) is 9.47 Å². The Kier molecular flexibility index (Phi) is 8.44. The normalized spacial score (nSPS) is 19.5. The summed E-state index contributed by atoms with van der Waals surface area (Å²) in [7, 11) is 0. The molecule has 0 radical (unpaired) electrons. The van der Waals surface area contributed by atoms with Crippen LogP contribution in [0.3, 0.4) is 0 Å². The summed E-state index contributed by atoms with van der Waals surface area (Å²) >= 11 is 6.16. The van der Waals surface area contributed by atoms with E-state index >= 15 is 0 Å². The highest BCUT2D eigenvalue weighted by Crippen LogP contribution is 2.45. The first-order valence-electron chi connectivity index (χ1n) is 17.4. The number of hydrogen-bond donors (Lipinski definition) is 2. The standard InChI is InChI=1S/C35H36ClF3N8O5/c36-22-19-21(35(37,38)39)4-5-23(22)41-26(49)20-46-24-6-8-33(9-14-44(15-10-33)30(51)28-25(48)3-1-13-40-28)27(24)29(50)47-32(46)42-31(43-47)45-16-11-34(12-17-45)7-2-18-52-34/h1,3-5,13,19,48H,2,6-12,14-18,20H2,(H,41,49). The monoisotopic (exact) mass is 740 g/mol. The molecular weight excluding hydrogens is 705 g/mol. The van der Waals surface area contributed by atoms with Crippen LogP contribution in [0.1, 0.15) is 72.3 Å². The van der Waals surface area contributed by atoms with Crippen LogP contribution in [0.4, 0.5) is 24.8 Å². The summed E-state index contributed by atoms with van der Waals surface area (Å²) < 4.78 is 48.7. The molecule has 1 aromatic carbocycles. The predicted octanol–water partition coefficient (Wildman–Crippen LogP) is 4.57. The first-order chi connectivity index (χ1) is 24.9. The zero-order valence-electron chi connectivity index (χ0n) is 28.1. The molecule has 3 aromatic heterocycles. The molecule has 52 heavy (non-hydrogen) atoms. The van der Waals surface area contributed by atoms with Gasteiger partial charge in [0.25, 0.3) is 11.5 Å². The maximum atomic E-state index is 14.4. The molecule has 3 fully saturated rings. The van der Waals surface area contributed by atoms with Gasteiger partial charge in [-0.05, 0) is 81.7 Å². The largest absolute Gasteiger partial charge is 0.505 e. The Bertz CT molecular complexity index is 2130. The van der Waals surface area contributed by atoms with Crippen molar-refractivity contribution in [3.63, 3.8) is 0 Å². The number of rotatable bonds is 5. The van der Waals surface area contributed by atoms with Gasteiger partial charge in [0.1, 0.15) is 12.3 Å². The topological polar surface area (TPSA) is 147 Å². The van der Waals surface area contributed by atoms with Gasteiger partial charge < -0.3 is 29.5 Å². The number of likely N-dealkylation sites (tertiary alicyclic amines) is 1. The molecule has 4 aliphatic rings. The lowest BCUT2D eigenvalue weighted by Gasteiger charge is -2.39. The SMILES string of the molecule is O=C(Cn1c2c(c(=O)n3nc(N4CCC5(CCCO5)CC4)nc13)C1(CC2)CCN(C(=O)c2ncccc2O)CC1)Nc1ccc(C(F)(F)F)cc1Cl. The van der Waals surface area contributed by atoms with Crippen molar-refractivity contribution in [1.82, 2.24) is 29.0 Å². The Morgan fingerprint density at radius 3 is 2.48 bits per heavy atom. The number of piperidine rings is 2. The lowest BCUT2D eigenvalue weighted by molar-refractivity contribution is -0.137. The molecule has 4 aromatic rings. The predicted molar refractivity (Wildman–Crippen MR) is 183 cm³/mol. The number of nitrogens with one attached hydrogen (secondary N) is 1. The first kappa shape index (κ1) is 34.4. The number of hydrogen-bond acceptors (Lipinski definition) is 9. The van der Waals surface area contributed by atoms with E-state index in [1.807, 2.05) is 4.90 Å². The van der Waals surface area contributed by atoms with Crippen LogP contribution in [-0.4, -0.2) is 84.4 Å². The Morgan fingerprint density at radius 2 is 1.81 bits per heavy atom. The summed E-state index contributed by atoms with van der Waals surface area (Å²) in [6, 6.07) is 5.66. The number of ether oxygens (including phenoxy) is 1. The van der Waals surface area contributed by atoms with E-state index in [-0.39, 0.29) is 45.6 Å². The smallest absolute Gasteiger partial charge is 0.416 e. The average Bonchev–Trinajstić information content (AvgIpc) is 3.86. The molecule has 6 heterocycles. The van der Waals surface area contributed by atoms with E-state index in [0.717, 1.165) is 50.5 Å². The zero-order chi connectivity index (χ0) is 36.4. The molecule has 2 amide bonds. The van der Waals surface area contributed by atoms with Crippen molar-refractivity contribution >= 4 is 40.8 Å². The van der Waals surface area contributed by atoms with Crippen LogP contribution < -0.4 is 15.8 Å². The summed E-state index contributed by atoms with van der Waals surface area (Å²) in [6.07, 6.45) is 2.44. The maximum Gasteiger partial charge on any atom is 0.416 e. The Hall–Kier alpha value is -4.70. The lowest BCUT2D eigenvalue weighted by atomic mass is 9.74. The summed E-state index contributed by atoms with van der Waals surface area (Å²) in [5, 5.41) is 17.3. The fourth-order valence-corrected chi connectivity index (χ4v) is 8.63. The van der Waals surface area contributed by atoms with Crippen LogP contribution in [0, 0.1) is 0 Å². The molecule has 0 bridgehead atoms. The van der Waals surface area contributed by atoms with Crippen molar-refractivity contribution in [2.75, 3.05) is 43.0 Å². The number of carbonyl (C=O) groups excluding carboxylic acids is 2. The van der Waals surface area contributed by atoms with Crippen LogP contribution in [0.2, 0.25) is 5.02 Å². The van der Waals surface area contributed by atoms with Gasteiger partial charge in [0.05, 0.1) is 21.9 Å². The van der Waals surface area contributed by atoms with E-state index < -0.39 is 29.0 Å². The number of fused-ring (bicyclic) bond motifs is 3. The van der Waals surface area contributed by atoms with Crippen molar-refractivity contribution < 1.29 is 32.6 Å². The minimum atomic E-state index is -4.60. The zero-order valence-corrected chi connectivity index (χ0v) is 28.8. The number of halogens is 4. The van der Waals surface area contributed by atoms with E-state index in [4.69, 9.17) is 26.4 Å². The minimum absolute atomic E-state index is 0.0133. The molecule has 0 atom stereocenters. The van der Waals surface area contributed by atoms with Gasteiger partial charge in [-0.1, -0.05) is 11.6 Å². The van der Waals surface area contributed by atoms with Crippen LogP contribution in [0.15, 0.2) is 41.3 Å². The van der Waals surface area contributed by atoms with Crippen molar-refractivity contribution in [2.45, 2.75) is 75.1 Å². The number of benzene rings is 1. The number of amides is 2. The molecule has 3 aliphatic heterocycles. The fraction of sp³-hybridized carbons (Fsp3) is 0.486. The molecule has 0 saturated carbocycles. The van der Waals surface area contributed by atoms with Crippen molar-refractivity contribution in [2.24, 2.45) is 0 Å². The van der Waals surface area contributed by atoms with Gasteiger partial charge in [0, 0.05) is 55.7 Å². The summed E-state index contributed by atoms with van der Waals surface area (Å²) in [5.41, 5.74) is -0.905. The van der Waals surface area contributed by atoms with Gasteiger partial charge in [-0.2, -0.15) is 22.7 Å². The fourth-order valence-electron chi connectivity index (χ4n) is 8.40. The Balaban J connectivity index is 1.12. The van der Waals surface area contributed by atoms with E-state index in [9.17, 15) is 32.7 Å². The van der Waals surface area contributed by atoms with E-state index in [2.05, 4.69) is 10.3 Å². The lowest BCUT2D eigenvalue weighted by Crippen LogP contribution is -2.46. The van der Waals surface area contributed by atoms with Crippen LogP contribution >= 0.6 is 11.6 Å². The second-order valence-corrected chi connectivity index (χ2v) is 14.6. The summed E-state index contributed by atoms with van der Waals surface area (Å²) in [6.45, 7) is 2.35. The molecule has 3 saturated heterocycles. The van der Waals surface area contributed by atoms with E-state index in [0.29, 0.717) is 69.1 Å². The Labute approximate surface area is 300 Å². The molecule has 8 rings (SSSR count). The van der Waals surface area contributed by atoms with Gasteiger partial charge in [-0.3, -0.25) is 14.4 Å². The summed E-state index contributed by atoms with van der Waals surface area (Å²) in [5.74, 6) is -0.640. The van der Waals surface area contributed by atoms with Gasteiger partial charge in [-0.25, -0.2) is 4.98 Å². The average molecular weight is 741 g/mol. The molecular formula is C35H36ClF3N8O5. The van der Waals surface area contributed by atoms with Crippen LogP contribution in [0.5, 0.6) is 5.75 Å².